The molecule has 3 heterocycles. The van der Waals surface area contributed by atoms with Crippen molar-refractivity contribution in [2.75, 3.05) is 6.54 Å². The van der Waals surface area contributed by atoms with Crippen LogP contribution >= 0.6 is 0 Å². The summed E-state index contributed by atoms with van der Waals surface area (Å²) in [5.41, 5.74) is 7.98. The fourth-order valence-corrected chi connectivity index (χ4v) is 5.76. The maximum atomic E-state index is 14.5. The Labute approximate surface area is 264 Å². The van der Waals surface area contributed by atoms with Crippen molar-refractivity contribution in [3.8, 4) is 11.3 Å². The second-order valence-electron chi connectivity index (χ2n) is 11.4. The Morgan fingerprint density at radius 1 is 0.822 bits per heavy atom. The molecule has 0 saturated carbocycles. The number of hydrogen-bond acceptors (Lipinski definition) is 4. The third kappa shape index (κ3) is 7.42. The average Bonchev–Trinajstić information content (AvgIpc) is 3.10. The number of fused-ring (bicyclic) bond motifs is 1. The predicted octanol–water partition coefficient (Wildman–Crippen LogP) is 6.69. The van der Waals surface area contributed by atoms with Gasteiger partial charge in [0.2, 0.25) is 11.8 Å². The monoisotopic (exact) mass is 592 g/mol. The van der Waals surface area contributed by atoms with Gasteiger partial charge in [0.25, 0.3) is 0 Å². The molecule has 1 aliphatic rings. The zero-order chi connectivity index (χ0) is 31.0. The van der Waals surface area contributed by atoms with E-state index in [9.17, 15) is 9.59 Å². The van der Waals surface area contributed by atoms with Gasteiger partial charge in [-0.25, -0.2) is 0 Å². The summed E-state index contributed by atoms with van der Waals surface area (Å²) < 4.78 is 0. The Kier molecular flexibility index (Phi) is 9.21. The molecule has 0 bridgehead atoms. The lowest BCUT2D eigenvalue weighted by molar-refractivity contribution is -0.144. The first kappa shape index (κ1) is 29.7. The first-order chi connectivity index (χ1) is 22.0. The van der Waals surface area contributed by atoms with Crippen LogP contribution in [0, 0.1) is 6.92 Å². The van der Waals surface area contributed by atoms with Crippen molar-refractivity contribution in [2.45, 2.75) is 38.9 Å². The number of hydrogen-bond donors (Lipinski definition) is 0. The van der Waals surface area contributed by atoms with Crippen molar-refractivity contribution in [3.05, 3.63) is 161 Å². The molecule has 6 nitrogen and oxygen atoms in total. The summed E-state index contributed by atoms with van der Waals surface area (Å²) >= 11 is 0. The van der Waals surface area contributed by atoms with Gasteiger partial charge in [0.1, 0.15) is 6.04 Å². The summed E-state index contributed by atoms with van der Waals surface area (Å²) in [6, 6.07) is 35.3. The zero-order valence-electron chi connectivity index (χ0n) is 25.4. The highest BCUT2D eigenvalue weighted by Crippen LogP contribution is 2.24. The van der Waals surface area contributed by atoms with Gasteiger partial charge in [0.05, 0.1) is 5.69 Å². The SMILES string of the molecule is Cc1ccc(C=CC(=O)N(Cc2ccc(-c3ccccn3)cc2)C(Cc2ccccc2)C(=O)N2CCc3ccccc3C2)cn1. The Morgan fingerprint density at radius 3 is 2.31 bits per heavy atom. The molecule has 6 rings (SSSR count). The Morgan fingerprint density at radius 2 is 1.58 bits per heavy atom. The van der Waals surface area contributed by atoms with E-state index in [1.54, 1.807) is 29.4 Å². The van der Waals surface area contributed by atoms with Crippen LogP contribution in [0.25, 0.3) is 17.3 Å². The summed E-state index contributed by atoms with van der Waals surface area (Å²) in [5, 5.41) is 0. The van der Waals surface area contributed by atoms with Crippen LogP contribution in [0.1, 0.15) is 33.5 Å². The fourth-order valence-electron chi connectivity index (χ4n) is 5.76. The van der Waals surface area contributed by atoms with Crippen LogP contribution in [0.5, 0.6) is 0 Å². The van der Waals surface area contributed by atoms with Gasteiger partial charge in [-0.05, 0) is 65.4 Å². The van der Waals surface area contributed by atoms with E-state index in [0.717, 1.165) is 45.6 Å². The summed E-state index contributed by atoms with van der Waals surface area (Å²) in [6.45, 7) is 3.36. The lowest BCUT2D eigenvalue weighted by Crippen LogP contribution is -2.52. The first-order valence-electron chi connectivity index (χ1n) is 15.3. The van der Waals surface area contributed by atoms with E-state index in [4.69, 9.17) is 0 Å². The molecule has 0 saturated heterocycles. The molecule has 0 radical (unpaired) electrons. The fraction of sp³-hybridized carbons (Fsp3) is 0.179. The van der Waals surface area contributed by atoms with Gasteiger partial charge in [-0.3, -0.25) is 19.6 Å². The van der Waals surface area contributed by atoms with Crippen molar-refractivity contribution in [2.24, 2.45) is 0 Å². The van der Waals surface area contributed by atoms with Gasteiger partial charge in [0.15, 0.2) is 0 Å². The molecule has 0 spiro atoms. The number of rotatable bonds is 9. The Bertz CT molecular complexity index is 1770. The van der Waals surface area contributed by atoms with Crippen LogP contribution in [0.4, 0.5) is 0 Å². The summed E-state index contributed by atoms with van der Waals surface area (Å²) in [5.74, 6) is -0.270. The number of pyridine rings is 2. The summed E-state index contributed by atoms with van der Waals surface area (Å²) in [6.07, 6.45) is 8.06. The molecular weight excluding hydrogens is 556 g/mol. The first-order valence-corrected chi connectivity index (χ1v) is 15.3. The molecule has 5 aromatic rings. The molecule has 45 heavy (non-hydrogen) atoms. The lowest BCUT2D eigenvalue weighted by Gasteiger charge is -2.37. The minimum atomic E-state index is -0.693. The zero-order valence-corrected chi connectivity index (χ0v) is 25.4. The van der Waals surface area contributed by atoms with Crippen LogP contribution in [0.2, 0.25) is 0 Å². The van der Waals surface area contributed by atoms with E-state index in [-0.39, 0.29) is 18.4 Å². The molecular formula is C39H36N4O2. The van der Waals surface area contributed by atoms with Crippen LogP contribution < -0.4 is 0 Å². The highest BCUT2D eigenvalue weighted by Gasteiger charge is 2.34. The van der Waals surface area contributed by atoms with Crippen molar-refractivity contribution in [1.82, 2.24) is 19.8 Å². The van der Waals surface area contributed by atoms with Gasteiger partial charge in [0, 0.05) is 55.8 Å². The molecule has 224 valence electrons. The molecule has 2 amide bonds. The van der Waals surface area contributed by atoms with Crippen LogP contribution in [-0.2, 0) is 35.5 Å². The maximum absolute atomic E-state index is 14.5. The predicted molar refractivity (Wildman–Crippen MR) is 178 cm³/mol. The number of aryl methyl sites for hydroxylation is 1. The summed E-state index contributed by atoms with van der Waals surface area (Å²) in [4.78, 5) is 41.1. The van der Waals surface area contributed by atoms with Gasteiger partial charge in [-0.1, -0.05) is 91.0 Å². The number of carbonyl (C=O) groups excluding carboxylic acids is 2. The highest BCUT2D eigenvalue weighted by atomic mass is 16.2. The molecule has 3 aromatic carbocycles. The largest absolute Gasteiger partial charge is 0.336 e. The van der Waals surface area contributed by atoms with Crippen molar-refractivity contribution in [1.29, 1.82) is 0 Å². The van der Waals surface area contributed by atoms with E-state index in [1.165, 1.54) is 5.56 Å². The van der Waals surface area contributed by atoms with Gasteiger partial charge in [-0.2, -0.15) is 0 Å². The third-order valence-electron chi connectivity index (χ3n) is 8.28. The minimum absolute atomic E-state index is 0.0442. The number of nitrogens with zero attached hydrogens (tertiary/aromatic N) is 4. The third-order valence-corrected chi connectivity index (χ3v) is 8.28. The van der Waals surface area contributed by atoms with E-state index in [2.05, 4.69) is 22.1 Å². The maximum Gasteiger partial charge on any atom is 0.247 e. The van der Waals surface area contributed by atoms with E-state index >= 15 is 0 Å². The highest BCUT2D eigenvalue weighted by molar-refractivity contribution is 5.95. The molecule has 1 aliphatic heterocycles. The number of aromatic nitrogens is 2. The van der Waals surface area contributed by atoms with Crippen molar-refractivity contribution in [3.63, 3.8) is 0 Å². The lowest BCUT2D eigenvalue weighted by atomic mass is 9.97. The summed E-state index contributed by atoms with van der Waals surface area (Å²) in [7, 11) is 0. The quantitative estimate of drug-likeness (QED) is 0.179. The number of benzene rings is 3. The smallest absolute Gasteiger partial charge is 0.247 e. The second kappa shape index (κ2) is 14.0. The Hall–Kier alpha value is -5.36. The van der Waals surface area contributed by atoms with Gasteiger partial charge < -0.3 is 9.80 Å². The Balaban J connectivity index is 1.34. The number of carbonyl (C=O) groups is 2. The van der Waals surface area contributed by atoms with Crippen molar-refractivity contribution < 1.29 is 9.59 Å². The van der Waals surface area contributed by atoms with Crippen LogP contribution in [0.3, 0.4) is 0 Å². The average molecular weight is 593 g/mol. The molecule has 0 fully saturated rings. The topological polar surface area (TPSA) is 66.4 Å². The second-order valence-corrected chi connectivity index (χ2v) is 11.4. The van der Waals surface area contributed by atoms with Crippen LogP contribution in [0.15, 0.2) is 128 Å². The molecule has 1 unspecified atom stereocenters. The number of amides is 2. The molecule has 0 aliphatic carbocycles. The van der Waals surface area contributed by atoms with Crippen LogP contribution in [-0.4, -0.2) is 44.2 Å². The normalized spacial score (nSPS) is 13.3. The molecule has 2 aromatic heterocycles. The van der Waals surface area contributed by atoms with Gasteiger partial charge in [-0.15, -0.1) is 0 Å². The standard InChI is InChI=1S/C39H36N4O2/c1-29-14-15-31(26-41-29)18-21-38(44)43(27-32-16-19-34(20-17-32)36-13-7-8-23-40-36)37(25-30-9-3-2-4-10-30)39(45)42-24-22-33-11-5-6-12-35(33)28-42/h2-21,23,26,37H,22,24-25,27-28H2,1H3. The van der Waals surface area contributed by atoms with Crippen molar-refractivity contribution >= 4 is 17.9 Å². The van der Waals surface area contributed by atoms with E-state index in [0.29, 0.717) is 19.5 Å². The van der Waals surface area contributed by atoms with E-state index < -0.39 is 6.04 Å². The molecule has 6 heteroatoms. The minimum Gasteiger partial charge on any atom is -0.336 e. The molecule has 1 atom stereocenters. The molecule has 0 N–H and O–H groups in total. The van der Waals surface area contributed by atoms with Gasteiger partial charge >= 0.3 is 0 Å². The van der Waals surface area contributed by atoms with E-state index in [1.807, 2.05) is 109 Å².